The maximum Gasteiger partial charge on any atom is 0.416 e. The largest absolute Gasteiger partial charge is 0.416 e. The lowest BCUT2D eigenvalue weighted by Crippen LogP contribution is -2.13. The summed E-state index contributed by atoms with van der Waals surface area (Å²) in [6.45, 7) is 2.01. The Morgan fingerprint density at radius 3 is 2.67 bits per heavy atom. The predicted molar refractivity (Wildman–Crippen MR) is 102 cm³/mol. The summed E-state index contributed by atoms with van der Waals surface area (Å²) in [4.78, 5) is 16.6. The van der Waals surface area contributed by atoms with Crippen LogP contribution in [0.25, 0.3) is 10.9 Å². The summed E-state index contributed by atoms with van der Waals surface area (Å²) < 4.78 is 38.1. The van der Waals surface area contributed by atoms with Gasteiger partial charge in [0.2, 0.25) is 5.91 Å². The van der Waals surface area contributed by atoms with Crippen LogP contribution in [0.15, 0.2) is 59.6 Å². The van der Waals surface area contributed by atoms with Crippen molar-refractivity contribution < 1.29 is 18.0 Å². The van der Waals surface area contributed by atoms with Crippen molar-refractivity contribution in [3.63, 3.8) is 0 Å². The Hall–Kier alpha value is -2.54. The zero-order valence-electron chi connectivity index (χ0n) is 14.5. The minimum Gasteiger partial charge on any atom is -0.326 e. The molecule has 140 valence electrons. The standard InChI is InChI=1S/C20H17F3N2OS/c1-13-11-19(25-17-8-3-2-7-16(13)17)27-10-9-18(26)24-15-6-4-5-14(12-15)20(21,22)23/h2-8,11-12H,9-10H2,1H3,(H,24,26). The smallest absolute Gasteiger partial charge is 0.326 e. The third-order valence-corrected chi connectivity index (χ3v) is 4.87. The van der Waals surface area contributed by atoms with Crippen molar-refractivity contribution in [3.05, 3.63) is 65.7 Å². The minimum absolute atomic E-state index is 0.138. The quantitative estimate of drug-likeness (QED) is 0.570. The number of rotatable bonds is 5. The molecule has 3 aromatic rings. The van der Waals surface area contributed by atoms with E-state index in [9.17, 15) is 18.0 Å². The molecule has 3 nitrogen and oxygen atoms in total. The Kier molecular flexibility index (Phi) is 5.70. The van der Waals surface area contributed by atoms with Crippen LogP contribution in [0.5, 0.6) is 0 Å². The number of hydrogen-bond donors (Lipinski definition) is 1. The lowest BCUT2D eigenvalue weighted by molar-refractivity contribution is -0.137. The Bertz CT molecular complexity index is 973. The van der Waals surface area contributed by atoms with E-state index in [1.165, 1.54) is 23.9 Å². The molecular weight excluding hydrogens is 373 g/mol. The number of carbonyl (C=O) groups is 1. The first-order valence-corrected chi connectivity index (χ1v) is 9.28. The number of amides is 1. The number of hydrogen-bond acceptors (Lipinski definition) is 3. The van der Waals surface area contributed by atoms with Crippen LogP contribution in [0.4, 0.5) is 18.9 Å². The maximum atomic E-state index is 12.7. The van der Waals surface area contributed by atoms with Crippen LogP contribution in [-0.4, -0.2) is 16.6 Å². The summed E-state index contributed by atoms with van der Waals surface area (Å²) in [6.07, 6.45) is -4.26. The predicted octanol–water partition coefficient (Wildman–Crippen LogP) is 5.68. The molecule has 0 aliphatic heterocycles. The molecule has 0 spiro atoms. The van der Waals surface area contributed by atoms with E-state index in [0.29, 0.717) is 5.75 Å². The van der Waals surface area contributed by atoms with Crippen LogP contribution < -0.4 is 5.32 Å². The topological polar surface area (TPSA) is 42.0 Å². The molecule has 0 unspecified atom stereocenters. The molecule has 0 saturated carbocycles. The van der Waals surface area contributed by atoms with Gasteiger partial charge in [-0.3, -0.25) is 4.79 Å². The van der Waals surface area contributed by atoms with Crippen LogP contribution in [0, 0.1) is 6.92 Å². The average molecular weight is 390 g/mol. The molecule has 27 heavy (non-hydrogen) atoms. The van der Waals surface area contributed by atoms with Crippen molar-refractivity contribution in [3.8, 4) is 0 Å². The summed E-state index contributed by atoms with van der Waals surface area (Å²) in [6, 6.07) is 14.4. The number of pyridine rings is 1. The second kappa shape index (κ2) is 8.00. The van der Waals surface area contributed by atoms with Crippen molar-refractivity contribution in [2.24, 2.45) is 0 Å². The molecule has 7 heteroatoms. The number of aromatic nitrogens is 1. The molecule has 1 amide bonds. The zero-order valence-corrected chi connectivity index (χ0v) is 15.3. The molecule has 3 rings (SSSR count). The van der Waals surface area contributed by atoms with Gasteiger partial charge in [-0.05, 0) is 42.8 Å². The molecule has 0 saturated heterocycles. The lowest BCUT2D eigenvalue weighted by Gasteiger charge is -2.10. The molecule has 1 N–H and O–H groups in total. The lowest BCUT2D eigenvalue weighted by atomic mass is 10.1. The number of thioether (sulfide) groups is 1. The second-order valence-corrected chi connectivity index (χ2v) is 7.13. The number of para-hydroxylation sites is 1. The number of halogens is 3. The molecule has 2 aromatic carbocycles. The number of fused-ring (bicyclic) bond motifs is 1. The van der Waals surface area contributed by atoms with E-state index in [0.717, 1.165) is 33.6 Å². The fourth-order valence-corrected chi connectivity index (χ4v) is 3.56. The highest BCUT2D eigenvalue weighted by Crippen LogP contribution is 2.30. The van der Waals surface area contributed by atoms with Crippen molar-refractivity contribution in [1.82, 2.24) is 4.98 Å². The van der Waals surface area contributed by atoms with Gasteiger partial charge in [-0.2, -0.15) is 13.2 Å². The molecule has 1 aromatic heterocycles. The minimum atomic E-state index is -4.43. The van der Waals surface area contributed by atoms with Gasteiger partial charge in [-0.1, -0.05) is 24.3 Å². The molecule has 0 aliphatic carbocycles. The number of alkyl halides is 3. The maximum absolute atomic E-state index is 12.7. The summed E-state index contributed by atoms with van der Waals surface area (Å²) in [5, 5.41) is 4.41. The Morgan fingerprint density at radius 2 is 1.89 bits per heavy atom. The van der Waals surface area contributed by atoms with Crippen LogP contribution in [0.2, 0.25) is 0 Å². The number of nitrogens with zero attached hydrogens (tertiary/aromatic N) is 1. The Morgan fingerprint density at radius 1 is 1.11 bits per heavy atom. The molecule has 0 aliphatic rings. The summed E-state index contributed by atoms with van der Waals surface area (Å²) >= 11 is 1.44. The Labute approximate surface area is 159 Å². The number of benzene rings is 2. The first-order valence-electron chi connectivity index (χ1n) is 8.29. The first-order chi connectivity index (χ1) is 12.8. The first kappa shape index (κ1) is 19.2. The Balaban J connectivity index is 1.57. The molecule has 0 fully saturated rings. The van der Waals surface area contributed by atoms with Crippen molar-refractivity contribution in [1.29, 1.82) is 0 Å². The molecule has 0 radical (unpaired) electrons. The van der Waals surface area contributed by atoms with E-state index in [-0.39, 0.29) is 18.0 Å². The van der Waals surface area contributed by atoms with Crippen molar-refractivity contribution in [2.75, 3.05) is 11.1 Å². The second-order valence-electron chi connectivity index (χ2n) is 6.02. The molecule has 0 bridgehead atoms. The van der Waals surface area contributed by atoms with Gasteiger partial charge in [0.15, 0.2) is 0 Å². The van der Waals surface area contributed by atoms with Crippen molar-refractivity contribution >= 4 is 34.3 Å². The van der Waals surface area contributed by atoms with Crippen LogP contribution in [-0.2, 0) is 11.0 Å². The van der Waals surface area contributed by atoms with E-state index >= 15 is 0 Å². The molecule has 1 heterocycles. The fourth-order valence-electron chi connectivity index (χ4n) is 2.64. The summed E-state index contributed by atoms with van der Waals surface area (Å²) in [7, 11) is 0. The highest BCUT2D eigenvalue weighted by Gasteiger charge is 2.30. The van der Waals surface area contributed by atoms with Crippen LogP contribution in [0.3, 0.4) is 0 Å². The average Bonchev–Trinajstić information content (AvgIpc) is 2.61. The van der Waals surface area contributed by atoms with Gasteiger partial charge in [-0.25, -0.2) is 4.98 Å². The normalized spacial score (nSPS) is 11.6. The number of anilines is 1. The van der Waals surface area contributed by atoms with Gasteiger partial charge >= 0.3 is 6.18 Å². The number of aryl methyl sites for hydroxylation is 1. The van der Waals surface area contributed by atoms with Gasteiger partial charge in [0.25, 0.3) is 0 Å². The van der Waals surface area contributed by atoms with Gasteiger partial charge in [0.1, 0.15) is 0 Å². The summed E-state index contributed by atoms with van der Waals surface area (Å²) in [5.41, 5.74) is 1.36. The third-order valence-electron chi connectivity index (χ3n) is 3.95. The summed E-state index contributed by atoms with van der Waals surface area (Å²) in [5.74, 6) is 0.148. The van der Waals surface area contributed by atoms with E-state index in [4.69, 9.17) is 0 Å². The highest BCUT2D eigenvalue weighted by molar-refractivity contribution is 7.99. The van der Waals surface area contributed by atoms with Gasteiger partial charge in [0, 0.05) is 23.2 Å². The van der Waals surface area contributed by atoms with E-state index in [1.807, 2.05) is 37.3 Å². The SMILES string of the molecule is Cc1cc(SCCC(=O)Nc2cccc(C(F)(F)F)c2)nc2ccccc12. The van der Waals surface area contributed by atoms with E-state index in [2.05, 4.69) is 10.3 Å². The fraction of sp³-hybridized carbons (Fsp3) is 0.200. The van der Waals surface area contributed by atoms with Gasteiger partial charge in [-0.15, -0.1) is 11.8 Å². The van der Waals surface area contributed by atoms with E-state index < -0.39 is 11.7 Å². The zero-order chi connectivity index (χ0) is 19.4. The van der Waals surface area contributed by atoms with Gasteiger partial charge in [0.05, 0.1) is 16.1 Å². The molecular formula is C20H17F3N2OS. The monoisotopic (exact) mass is 390 g/mol. The van der Waals surface area contributed by atoms with Crippen molar-refractivity contribution in [2.45, 2.75) is 24.5 Å². The molecule has 0 atom stereocenters. The van der Waals surface area contributed by atoms with E-state index in [1.54, 1.807) is 0 Å². The van der Waals surface area contributed by atoms with Crippen LogP contribution >= 0.6 is 11.8 Å². The number of nitrogens with one attached hydrogen (secondary N) is 1. The third kappa shape index (κ3) is 5.01. The van der Waals surface area contributed by atoms with Gasteiger partial charge < -0.3 is 5.32 Å². The van der Waals surface area contributed by atoms with Crippen LogP contribution in [0.1, 0.15) is 17.5 Å². The highest BCUT2D eigenvalue weighted by atomic mass is 32.2. The number of carbonyl (C=O) groups excluding carboxylic acids is 1.